The summed E-state index contributed by atoms with van der Waals surface area (Å²) in [4.78, 5) is 31.4. The lowest BCUT2D eigenvalue weighted by molar-refractivity contribution is -0.118. The Balaban J connectivity index is 1.50. The van der Waals surface area contributed by atoms with Gasteiger partial charge in [-0.25, -0.2) is 4.98 Å². The van der Waals surface area contributed by atoms with E-state index in [1.54, 1.807) is 11.6 Å². The SMILES string of the molecule is CC(CCNC(=O)CSc1nc2ccccc2n(C)c1=O)N1CCCC1. The molecule has 3 rings (SSSR count). The van der Waals surface area contributed by atoms with Crippen molar-refractivity contribution in [2.24, 2.45) is 7.05 Å². The quantitative estimate of drug-likeness (QED) is 0.751. The molecule has 140 valence electrons. The molecule has 0 aliphatic carbocycles. The molecular weight excluding hydrogens is 348 g/mol. The maximum absolute atomic E-state index is 12.4. The molecule has 1 aromatic carbocycles. The summed E-state index contributed by atoms with van der Waals surface area (Å²) in [6, 6.07) is 8.01. The molecule has 1 atom stereocenters. The third-order valence-corrected chi connectivity index (χ3v) is 5.89. The number of aromatic nitrogens is 2. The summed E-state index contributed by atoms with van der Waals surface area (Å²) >= 11 is 1.20. The molecule has 1 N–H and O–H groups in total. The summed E-state index contributed by atoms with van der Waals surface area (Å²) in [5.41, 5.74) is 1.39. The topological polar surface area (TPSA) is 67.2 Å². The van der Waals surface area contributed by atoms with Crippen LogP contribution in [0.3, 0.4) is 0 Å². The van der Waals surface area contributed by atoms with Crippen LogP contribution in [0, 0.1) is 0 Å². The summed E-state index contributed by atoms with van der Waals surface area (Å²) in [6.07, 6.45) is 3.51. The van der Waals surface area contributed by atoms with Gasteiger partial charge in [-0.05, 0) is 51.4 Å². The molecule has 1 saturated heterocycles. The van der Waals surface area contributed by atoms with Gasteiger partial charge in [-0.2, -0.15) is 0 Å². The number of nitrogens with one attached hydrogen (secondary N) is 1. The fourth-order valence-corrected chi connectivity index (χ4v) is 4.11. The summed E-state index contributed by atoms with van der Waals surface area (Å²) in [7, 11) is 1.73. The second-order valence-corrected chi connectivity index (χ2v) is 7.75. The Morgan fingerprint density at radius 3 is 2.81 bits per heavy atom. The van der Waals surface area contributed by atoms with E-state index in [2.05, 4.69) is 22.1 Å². The van der Waals surface area contributed by atoms with E-state index in [1.165, 1.54) is 37.7 Å². The molecule has 1 unspecified atom stereocenters. The minimum atomic E-state index is -0.163. The minimum Gasteiger partial charge on any atom is -0.355 e. The average Bonchev–Trinajstić information content (AvgIpc) is 3.18. The van der Waals surface area contributed by atoms with Crippen molar-refractivity contribution in [1.82, 2.24) is 19.8 Å². The van der Waals surface area contributed by atoms with Crippen LogP contribution in [-0.2, 0) is 11.8 Å². The second-order valence-electron chi connectivity index (χ2n) is 6.79. The lowest BCUT2D eigenvalue weighted by Crippen LogP contribution is -2.35. The number of aryl methyl sites for hydroxylation is 1. The largest absolute Gasteiger partial charge is 0.355 e. The zero-order chi connectivity index (χ0) is 18.5. The molecule has 0 spiro atoms. The standard InChI is InChI=1S/C19H26N4O2S/c1-14(23-11-5-6-12-23)9-10-20-17(24)13-26-18-19(25)22(2)16-8-4-3-7-15(16)21-18/h3-4,7-8,14H,5-6,9-13H2,1-2H3,(H,20,24). The van der Waals surface area contributed by atoms with Crippen LogP contribution in [0.1, 0.15) is 26.2 Å². The van der Waals surface area contributed by atoms with E-state index in [0.717, 1.165) is 17.5 Å². The Hall–Kier alpha value is -1.86. The average molecular weight is 375 g/mol. The van der Waals surface area contributed by atoms with Crippen molar-refractivity contribution in [3.8, 4) is 0 Å². The number of carbonyl (C=O) groups excluding carboxylic acids is 1. The number of likely N-dealkylation sites (tertiary alicyclic amines) is 1. The molecule has 0 radical (unpaired) electrons. The van der Waals surface area contributed by atoms with E-state index >= 15 is 0 Å². The number of benzene rings is 1. The van der Waals surface area contributed by atoms with Crippen LogP contribution in [-0.4, -0.2) is 51.8 Å². The molecule has 26 heavy (non-hydrogen) atoms. The molecule has 2 aromatic rings. The fraction of sp³-hybridized carbons (Fsp3) is 0.526. The number of thioether (sulfide) groups is 1. The normalized spacial score (nSPS) is 16.1. The van der Waals surface area contributed by atoms with Gasteiger partial charge in [0, 0.05) is 19.6 Å². The van der Waals surface area contributed by atoms with Crippen molar-refractivity contribution in [1.29, 1.82) is 0 Å². The maximum atomic E-state index is 12.4. The molecule has 1 aliphatic rings. The van der Waals surface area contributed by atoms with Crippen LogP contribution in [0.15, 0.2) is 34.1 Å². The Morgan fingerprint density at radius 1 is 1.31 bits per heavy atom. The number of hydrogen-bond acceptors (Lipinski definition) is 5. The van der Waals surface area contributed by atoms with Gasteiger partial charge in [-0.15, -0.1) is 0 Å². The van der Waals surface area contributed by atoms with Gasteiger partial charge < -0.3 is 14.8 Å². The van der Waals surface area contributed by atoms with Crippen LogP contribution >= 0.6 is 11.8 Å². The zero-order valence-electron chi connectivity index (χ0n) is 15.4. The Kier molecular flexibility index (Phi) is 6.32. The van der Waals surface area contributed by atoms with Gasteiger partial charge in [-0.1, -0.05) is 23.9 Å². The van der Waals surface area contributed by atoms with Crippen LogP contribution < -0.4 is 10.9 Å². The highest BCUT2D eigenvalue weighted by molar-refractivity contribution is 7.99. The summed E-state index contributed by atoms with van der Waals surface area (Å²) in [5, 5.41) is 3.32. The highest BCUT2D eigenvalue weighted by Crippen LogP contribution is 2.16. The smallest absolute Gasteiger partial charge is 0.283 e. The first-order chi connectivity index (χ1) is 12.6. The van der Waals surface area contributed by atoms with Crippen LogP contribution in [0.25, 0.3) is 11.0 Å². The predicted octanol–water partition coefficient (Wildman–Crippen LogP) is 2.02. The third kappa shape index (κ3) is 4.45. The van der Waals surface area contributed by atoms with Crippen LogP contribution in [0.5, 0.6) is 0 Å². The van der Waals surface area contributed by atoms with Crippen molar-refractivity contribution in [3.05, 3.63) is 34.6 Å². The van der Waals surface area contributed by atoms with Crippen molar-refractivity contribution in [2.75, 3.05) is 25.4 Å². The summed E-state index contributed by atoms with van der Waals surface area (Å²) in [5.74, 6) is 0.152. The summed E-state index contributed by atoms with van der Waals surface area (Å²) < 4.78 is 1.58. The molecule has 1 aliphatic heterocycles. The van der Waals surface area contributed by atoms with Crippen molar-refractivity contribution >= 4 is 28.7 Å². The minimum absolute atomic E-state index is 0.0550. The van der Waals surface area contributed by atoms with E-state index in [0.29, 0.717) is 17.6 Å². The summed E-state index contributed by atoms with van der Waals surface area (Å²) in [6.45, 7) is 5.22. The zero-order valence-corrected chi connectivity index (χ0v) is 16.2. The number of fused-ring (bicyclic) bond motifs is 1. The number of para-hydroxylation sites is 2. The van der Waals surface area contributed by atoms with Crippen molar-refractivity contribution in [2.45, 2.75) is 37.3 Å². The lowest BCUT2D eigenvalue weighted by Gasteiger charge is -2.23. The van der Waals surface area contributed by atoms with Crippen molar-refractivity contribution < 1.29 is 4.79 Å². The molecule has 6 nitrogen and oxygen atoms in total. The maximum Gasteiger partial charge on any atom is 0.283 e. The van der Waals surface area contributed by atoms with Gasteiger partial charge in [-0.3, -0.25) is 9.59 Å². The lowest BCUT2D eigenvalue weighted by atomic mass is 10.2. The number of amides is 1. The van der Waals surface area contributed by atoms with E-state index in [1.807, 2.05) is 24.3 Å². The molecule has 1 fully saturated rings. The van der Waals surface area contributed by atoms with E-state index in [-0.39, 0.29) is 17.2 Å². The third-order valence-electron chi connectivity index (χ3n) is 4.94. The molecule has 7 heteroatoms. The molecule has 1 amide bonds. The Bertz CT molecular complexity index is 830. The van der Waals surface area contributed by atoms with Crippen LogP contribution in [0.2, 0.25) is 0 Å². The highest BCUT2D eigenvalue weighted by atomic mass is 32.2. The van der Waals surface area contributed by atoms with Gasteiger partial charge >= 0.3 is 0 Å². The van der Waals surface area contributed by atoms with Gasteiger partial charge in [0.1, 0.15) is 0 Å². The monoisotopic (exact) mass is 374 g/mol. The molecule has 1 aromatic heterocycles. The van der Waals surface area contributed by atoms with Crippen LogP contribution in [0.4, 0.5) is 0 Å². The molecule has 0 saturated carbocycles. The van der Waals surface area contributed by atoms with E-state index < -0.39 is 0 Å². The van der Waals surface area contributed by atoms with Gasteiger partial charge in [0.2, 0.25) is 5.91 Å². The molecule has 0 bridgehead atoms. The number of hydrogen-bond donors (Lipinski definition) is 1. The second kappa shape index (κ2) is 8.68. The Labute approximate surface area is 158 Å². The number of rotatable bonds is 7. The van der Waals surface area contributed by atoms with Gasteiger partial charge in [0.25, 0.3) is 5.56 Å². The van der Waals surface area contributed by atoms with Gasteiger partial charge in [0.15, 0.2) is 5.03 Å². The first-order valence-electron chi connectivity index (χ1n) is 9.15. The number of nitrogens with zero attached hydrogens (tertiary/aromatic N) is 3. The highest BCUT2D eigenvalue weighted by Gasteiger charge is 2.18. The van der Waals surface area contributed by atoms with E-state index in [9.17, 15) is 9.59 Å². The van der Waals surface area contributed by atoms with Crippen molar-refractivity contribution in [3.63, 3.8) is 0 Å². The molecular formula is C19H26N4O2S. The van der Waals surface area contributed by atoms with E-state index in [4.69, 9.17) is 0 Å². The van der Waals surface area contributed by atoms with Gasteiger partial charge in [0.05, 0.1) is 16.8 Å². The first kappa shape index (κ1) is 18.9. The Morgan fingerprint density at radius 2 is 2.04 bits per heavy atom. The number of carbonyl (C=O) groups is 1. The first-order valence-corrected chi connectivity index (χ1v) is 10.1. The predicted molar refractivity (Wildman–Crippen MR) is 106 cm³/mol. The molecule has 2 heterocycles. The fourth-order valence-electron chi connectivity index (χ4n) is 3.32.